The predicted octanol–water partition coefficient (Wildman–Crippen LogP) is 1.11. The van der Waals surface area contributed by atoms with Crippen LogP contribution in [0.2, 0.25) is 0 Å². The van der Waals surface area contributed by atoms with Crippen molar-refractivity contribution >= 4 is 0 Å². The third-order valence-corrected chi connectivity index (χ3v) is 4.60. The molecular weight excluding hydrogens is 198 g/mol. The summed E-state index contributed by atoms with van der Waals surface area (Å²) in [6.45, 7) is 6.28. The zero-order chi connectivity index (χ0) is 11.6. The van der Waals surface area contributed by atoms with E-state index >= 15 is 0 Å². The number of hydrogen-bond acceptors (Lipinski definition) is 3. The molecule has 1 heterocycles. The van der Waals surface area contributed by atoms with E-state index < -0.39 is 0 Å². The Hall–Kier alpha value is -0.120. The maximum absolute atomic E-state index is 2.67. The minimum atomic E-state index is 0.482. The molecule has 0 aromatic rings. The number of likely N-dealkylation sites (N-methyl/N-ethyl adjacent to an activating group) is 2. The van der Waals surface area contributed by atoms with Crippen LogP contribution >= 0.6 is 0 Å². The third-order valence-electron chi connectivity index (χ3n) is 4.60. The molecule has 2 rings (SSSR count). The van der Waals surface area contributed by atoms with Gasteiger partial charge in [0.1, 0.15) is 0 Å². The Bertz CT molecular complexity index is 213. The Morgan fingerprint density at radius 1 is 1.00 bits per heavy atom. The largest absolute Gasteiger partial charge is 0.304 e. The summed E-state index contributed by atoms with van der Waals surface area (Å²) in [7, 11) is 6.76. The van der Waals surface area contributed by atoms with Crippen molar-refractivity contribution in [2.75, 3.05) is 53.9 Å². The Kier molecular flexibility index (Phi) is 3.88. The molecule has 0 aromatic carbocycles. The van der Waals surface area contributed by atoms with E-state index in [-0.39, 0.29) is 0 Å². The standard InChI is InChI=1S/C13H27N3/c1-14(2)13(6-4-5-7-13)12-16-10-8-15(3)9-11-16/h4-12H2,1-3H3. The van der Waals surface area contributed by atoms with Crippen molar-refractivity contribution in [1.82, 2.24) is 14.7 Å². The summed E-state index contributed by atoms with van der Waals surface area (Å²) in [5.41, 5.74) is 0.482. The Morgan fingerprint density at radius 3 is 2.06 bits per heavy atom. The van der Waals surface area contributed by atoms with Gasteiger partial charge in [0.05, 0.1) is 0 Å². The van der Waals surface area contributed by atoms with Gasteiger partial charge < -0.3 is 9.80 Å². The van der Waals surface area contributed by atoms with E-state index in [9.17, 15) is 0 Å². The zero-order valence-electron chi connectivity index (χ0n) is 11.2. The average Bonchev–Trinajstić information content (AvgIpc) is 2.71. The highest BCUT2D eigenvalue weighted by Gasteiger charge is 2.37. The molecule has 3 nitrogen and oxygen atoms in total. The second-order valence-electron chi connectivity index (χ2n) is 5.91. The number of nitrogens with zero attached hydrogens (tertiary/aromatic N) is 3. The molecular formula is C13H27N3. The molecule has 1 aliphatic heterocycles. The molecule has 0 bridgehead atoms. The minimum Gasteiger partial charge on any atom is -0.304 e. The first-order valence-corrected chi connectivity index (χ1v) is 6.71. The molecule has 3 heteroatoms. The highest BCUT2D eigenvalue weighted by molar-refractivity contribution is 4.95. The lowest BCUT2D eigenvalue weighted by Gasteiger charge is -2.43. The van der Waals surface area contributed by atoms with E-state index in [1.165, 1.54) is 58.4 Å². The number of hydrogen-bond donors (Lipinski definition) is 0. The van der Waals surface area contributed by atoms with Crippen molar-refractivity contribution in [3.8, 4) is 0 Å². The van der Waals surface area contributed by atoms with Gasteiger partial charge >= 0.3 is 0 Å². The van der Waals surface area contributed by atoms with Crippen LogP contribution in [0.3, 0.4) is 0 Å². The van der Waals surface area contributed by atoms with Gasteiger partial charge in [-0.1, -0.05) is 12.8 Å². The van der Waals surface area contributed by atoms with Crippen LogP contribution in [0.4, 0.5) is 0 Å². The molecule has 1 saturated heterocycles. The quantitative estimate of drug-likeness (QED) is 0.712. The molecule has 0 aromatic heterocycles. The van der Waals surface area contributed by atoms with Crippen molar-refractivity contribution in [3.63, 3.8) is 0 Å². The Morgan fingerprint density at radius 2 is 1.56 bits per heavy atom. The Labute approximate surface area is 100 Å². The van der Waals surface area contributed by atoms with Crippen molar-refractivity contribution in [3.05, 3.63) is 0 Å². The molecule has 1 aliphatic carbocycles. The second-order valence-corrected chi connectivity index (χ2v) is 5.91. The first-order chi connectivity index (χ1) is 7.62. The predicted molar refractivity (Wildman–Crippen MR) is 68.8 cm³/mol. The molecule has 0 unspecified atom stereocenters. The zero-order valence-corrected chi connectivity index (χ0v) is 11.2. The molecule has 0 atom stereocenters. The summed E-state index contributed by atoms with van der Waals surface area (Å²) in [4.78, 5) is 7.59. The fourth-order valence-corrected chi connectivity index (χ4v) is 3.20. The van der Waals surface area contributed by atoms with Crippen LogP contribution in [0.5, 0.6) is 0 Å². The molecule has 0 amide bonds. The van der Waals surface area contributed by atoms with Crippen LogP contribution in [0.25, 0.3) is 0 Å². The van der Waals surface area contributed by atoms with Gasteiger partial charge in [0, 0.05) is 38.3 Å². The van der Waals surface area contributed by atoms with E-state index in [4.69, 9.17) is 0 Å². The highest BCUT2D eigenvalue weighted by atomic mass is 15.3. The summed E-state index contributed by atoms with van der Waals surface area (Å²) >= 11 is 0. The van der Waals surface area contributed by atoms with E-state index in [2.05, 4.69) is 35.8 Å². The van der Waals surface area contributed by atoms with Gasteiger partial charge in [-0.25, -0.2) is 0 Å². The number of rotatable bonds is 3. The summed E-state index contributed by atoms with van der Waals surface area (Å²) in [5.74, 6) is 0. The van der Waals surface area contributed by atoms with E-state index in [1.807, 2.05) is 0 Å². The van der Waals surface area contributed by atoms with Crippen LogP contribution in [-0.2, 0) is 0 Å². The van der Waals surface area contributed by atoms with Gasteiger partial charge in [0.15, 0.2) is 0 Å². The van der Waals surface area contributed by atoms with Gasteiger partial charge in [-0.2, -0.15) is 0 Å². The summed E-state index contributed by atoms with van der Waals surface area (Å²) < 4.78 is 0. The third kappa shape index (κ3) is 2.58. The normalized spacial score (nSPS) is 27.8. The summed E-state index contributed by atoms with van der Waals surface area (Å²) in [5, 5.41) is 0. The van der Waals surface area contributed by atoms with Crippen LogP contribution in [0, 0.1) is 0 Å². The van der Waals surface area contributed by atoms with Gasteiger partial charge in [0.2, 0.25) is 0 Å². The topological polar surface area (TPSA) is 9.72 Å². The molecule has 1 saturated carbocycles. The highest BCUT2D eigenvalue weighted by Crippen LogP contribution is 2.34. The van der Waals surface area contributed by atoms with Gasteiger partial charge in [-0.3, -0.25) is 4.90 Å². The molecule has 0 spiro atoms. The second kappa shape index (κ2) is 5.03. The van der Waals surface area contributed by atoms with Crippen LogP contribution in [0.15, 0.2) is 0 Å². The van der Waals surface area contributed by atoms with Crippen molar-refractivity contribution in [2.24, 2.45) is 0 Å². The maximum Gasteiger partial charge on any atom is 0.0330 e. The van der Waals surface area contributed by atoms with Crippen molar-refractivity contribution < 1.29 is 0 Å². The van der Waals surface area contributed by atoms with E-state index in [0.717, 1.165) is 0 Å². The smallest absolute Gasteiger partial charge is 0.0330 e. The molecule has 16 heavy (non-hydrogen) atoms. The van der Waals surface area contributed by atoms with Crippen LogP contribution < -0.4 is 0 Å². The average molecular weight is 225 g/mol. The lowest BCUT2D eigenvalue weighted by atomic mass is 9.95. The molecule has 2 aliphatic rings. The summed E-state index contributed by atoms with van der Waals surface area (Å²) in [6.07, 6.45) is 5.64. The number of piperazine rings is 1. The molecule has 94 valence electrons. The SMILES string of the molecule is CN1CCN(CC2(N(C)C)CCCC2)CC1. The molecule has 0 N–H and O–H groups in total. The minimum absolute atomic E-state index is 0.482. The van der Waals surface area contributed by atoms with E-state index in [0.29, 0.717) is 5.54 Å². The van der Waals surface area contributed by atoms with Crippen molar-refractivity contribution in [2.45, 2.75) is 31.2 Å². The Balaban J connectivity index is 1.91. The maximum atomic E-state index is 2.67. The first kappa shape index (κ1) is 12.3. The monoisotopic (exact) mass is 225 g/mol. The van der Waals surface area contributed by atoms with Crippen molar-refractivity contribution in [1.29, 1.82) is 0 Å². The lowest BCUT2D eigenvalue weighted by Crippen LogP contribution is -2.55. The van der Waals surface area contributed by atoms with Gasteiger partial charge in [-0.15, -0.1) is 0 Å². The lowest BCUT2D eigenvalue weighted by molar-refractivity contribution is 0.0650. The van der Waals surface area contributed by atoms with E-state index in [1.54, 1.807) is 0 Å². The molecule has 2 fully saturated rings. The molecule has 0 radical (unpaired) electrons. The summed E-state index contributed by atoms with van der Waals surface area (Å²) in [6, 6.07) is 0. The van der Waals surface area contributed by atoms with Crippen LogP contribution in [0.1, 0.15) is 25.7 Å². The van der Waals surface area contributed by atoms with Crippen LogP contribution in [-0.4, -0.2) is 74.1 Å². The fraction of sp³-hybridized carbons (Fsp3) is 1.00. The van der Waals surface area contributed by atoms with Gasteiger partial charge in [-0.05, 0) is 34.0 Å². The first-order valence-electron chi connectivity index (χ1n) is 6.71. The van der Waals surface area contributed by atoms with Gasteiger partial charge in [0.25, 0.3) is 0 Å². The fourth-order valence-electron chi connectivity index (χ4n) is 3.20.